The number of carboxylic acid groups (broad SMARTS) is 1. The molecule has 4 nitrogen and oxygen atoms in total. The molecule has 3 N–H and O–H groups in total. The average molecular weight is 351 g/mol. The van der Waals surface area contributed by atoms with Crippen molar-refractivity contribution in [1.29, 1.82) is 0 Å². The topological polar surface area (TPSA) is 76.2 Å². The van der Waals surface area contributed by atoms with E-state index >= 15 is 0 Å². The van der Waals surface area contributed by atoms with E-state index in [2.05, 4.69) is 19.1 Å². The van der Waals surface area contributed by atoms with E-state index in [1.807, 2.05) is 12.1 Å². The first kappa shape index (κ1) is 17.8. The number of aromatic nitrogens is 1. The molecule has 0 aliphatic rings. The summed E-state index contributed by atoms with van der Waals surface area (Å²) in [5.41, 5.74) is 8.93. The second kappa shape index (κ2) is 8.93. The Bertz CT molecular complexity index is 639. The van der Waals surface area contributed by atoms with Crippen LogP contribution in [-0.4, -0.2) is 21.8 Å². The van der Waals surface area contributed by atoms with Gasteiger partial charge < -0.3 is 10.8 Å². The number of thioether (sulfide) groups is 1. The molecule has 0 radical (unpaired) electrons. The quantitative estimate of drug-likeness (QED) is 0.402. The fourth-order valence-electron chi connectivity index (χ4n) is 2.20. The molecule has 0 aliphatic heterocycles. The molecular weight excluding hydrogens is 328 g/mol. The number of hydrogen-bond donors (Lipinski definition) is 2. The predicted molar refractivity (Wildman–Crippen MR) is 97.4 cm³/mol. The van der Waals surface area contributed by atoms with E-state index in [1.54, 1.807) is 23.1 Å². The van der Waals surface area contributed by atoms with Crippen molar-refractivity contribution in [2.24, 2.45) is 0 Å². The standard InChI is InChI=1S/C17H22N2O2S2/c1-2-4-14-15(11-12-6-8-13(18)9-7-12)23-17(19-14)22-10-3-5-16(20)21/h6-9H,2-5,10-11,18H2,1H3,(H,20,21). The average Bonchev–Trinajstić information content (AvgIpc) is 2.88. The number of nitrogens with two attached hydrogens (primary N) is 1. The monoisotopic (exact) mass is 350 g/mol. The van der Waals surface area contributed by atoms with Crippen LogP contribution >= 0.6 is 23.1 Å². The Morgan fingerprint density at radius 3 is 2.74 bits per heavy atom. The van der Waals surface area contributed by atoms with Gasteiger partial charge in [0.15, 0.2) is 0 Å². The molecule has 0 atom stereocenters. The Labute approximate surface area is 145 Å². The lowest BCUT2D eigenvalue weighted by Gasteiger charge is -2.02. The van der Waals surface area contributed by atoms with Crippen LogP contribution < -0.4 is 5.73 Å². The van der Waals surface area contributed by atoms with Gasteiger partial charge in [0.05, 0.1) is 5.69 Å². The van der Waals surface area contributed by atoms with E-state index in [4.69, 9.17) is 15.8 Å². The Morgan fingerprint density at radius 1 is 1.35 bits per heavy atom. The van der Waals surface area contributed by atoms with Crippen LogP contribution in [0, 0.1) is 0 Å². The molecule has 2 rings (SSSR count). The maximum absolute atomic E-state index is 10.5. The minimum absolute atomic E-state index is 0.221. The molecule has 6 heteroatoms. The largest absolute Gasteiger partial charge is 0.481 e. The fraction of sp³-hybridized carbons (Fsp3) is 0.412. The van der Waals surface area contributed by atoms with Crippen LogP contribution in [-0.2, 0) is 17.6 Å². The first-order valence-electron chi connectivity index (χ1n) is 7.76. The van der Waals surface area contributed by atoms with Crippen molar-refractivity contribution in [3.63, 3.8) is 0 Å². The highest BCUT2D eigenvalue weighted by atomic mass is 32.2. The second-order valence-electron chi connectivity index (χ2n) is 5.36. The highest BCUT2D eigenvalue weighted by Crippen LogP contribution is 2.30. The molecular formula is C17H22N2O2S2. The summed E-state index contributed by atoms with van der Waals surface area (Å²) in [6.07, 6.45) is 3.83. The van der Waals surface area contributed by atoms with Crippen LogP contribution in [0.15, 0.2) is 28.6 Å². The van der Waals surface area contributed by atoms with Crippen LogP contribution in [0.3, 0.4) is 0 Å². The number of carboxylic acids is 1. The number of thiazole rings is 1. The first-order chi connectivity index (χ1) is 11.1. The number of benzene rings is 1. The Balaban J connectivity index is 2.02. The van der Waals surface area contributed by atoms with Crippen LogP contribution in [0.5, 0.6) is 0 Å². The Morgan fingerprint density at radius 2 is 2.09 bits per heavy atom. The summed E-state index contributed by atoms with van der Waals surface area (Å²) >= 11 is 3.39. The van der Waals surface area contributed by atoms with Gasteiger partial charge in [-0.2, -0.15) is 0 Å². The Kier molecular flexibility index (Phi) is 6.92. The minimum atomic E-state index is -0.736. The molecule has 0 fully saturated rings. The van der Waals surface area contributed by atoms with E-state index in [9.17, 15) is 4.79 Å². The summed E-state index contributed by atoms with van der Waals surface area (Å²) in [7, 11) is 0. The third-order valence-electron chi connectivity index (χ3n) is 3.35. The van der Waals surface area contributed by atoms with Gasteiger partial charge in [0.2, 0.25) is 0 Å². The normalized spacial score (nSPS) is 10.8. The van der Waals surface area contributed by atoms with Gasteiger partial charge in [0.1, 0.15) is 4.34 Å². The van der Waals surface area contributed by atoms with E-state index in [-0.39, 0.29) is 6.42 Å². The highest BCUT2D eigenvalue weighted by Gasteiger charge is 2.12. The summed E-state index contributed by atoms with van der Waals surface area (Å²) in [5, 5.41) is 8.68. The van der Waals surface area contributed by atoms with Crippen LogP contribution in [0.2, 0.25) is 0 Å². The maximum atomic E-state index is 10.5. The van der Waals surface area contributed by atoms with Gasteiger partial charge in [-0.1, -0.05) is 37.2 Å². The van der Waals surface area contributed by atoms with E-state index in [1.165, 1.54) is 16.1 Å². The van der Waals surface area contributed by atoms with Crippen molar-refractivity contribution in [2.45, 2.75) is 43.4 Å². The summed E-state index contributed by atoms with van der Waals surface area (Å²) in [4.78, 5) is 16.6. The van der Waals surface area contributed by atoms with Crippen LogP contribution in [0.4, 0.5) is 5.69 Å². The molecule has 23 heavy (non-hydrogen) atoms. The third kappa shape index (κ3) is 5.88. The number of hydrogen-bond acceptors (Lipinski definition) is 5. The minimum Gasteiger partial charge on any atom is -0.481 e. The lowest BCUT2D eigenvalue weighted by atomic mass is 10.1. The second-order valence-corrected chi connectivity index (χ2v) is 7.79. The molecule has 1 heterocycles. The number of aryl methyl sites for hydroxylation is 1. The molecule has 1 aromatic carbocycles. The van der Waals surface area contributed by atoms with E-state index in [0.29, 0.717) is 6.42 Å². The number of anilines is 1. The Hall–Kier alpha value is -1.53. The smallest absolute Gasteiger partial charge is 0.303 e. The van der Waals surface area contributed by atoms with Gasteiger partial charge in [0.25, 0.3) is 0 Å². The van der Waals surface area contributed by atoms with Crippen LogP contribution in [0.1, 0.15) is 42.3 Å². The lowest BCUT2D eigenvalue weighted by Crippen LogP contribution is -1.94. The van der Waals surface area contributed by atoms with Crippen molar-refractivity contribution in [1.82, 2.24) is 4.98 Å². The third-order valence-corrected chi connectivity index (χ3v) is 5.68. The molecule has 0 spiro atoms. The number of carbonyl (C=O) groups is 1. The molecule has 0 bridgehead atoms. The molecule has 2 aromatic rings. The maximum Gasteiger partial charge on any atom is 0.303 e. The molecule has 0 unspecified atom stereocenters. The molecule has 0 saturated heterocycles. The van der Waals surface area contributed by atoms with Crippen molar-refractivity contribution >= 4 is 34.8 Å². The summed E-state index contributed by atoms with van der Waals surface area (Å²) in [6, 6.07) is 7.98. The highest BCUT2D eigenvalue weighted by molar-refractivity contribution is 8.01. The molecule has 1 aromatic heterocycles. The number of rotatable bonds is 9. The van der Waals surface area contributed by atoms with Gasteiger partial charge in [-0.05, 0) is 30.5 Å². The van der Waals surface area contributed by atoms with Gasteiger partial charge in [-0.3, -0.25) is 4.79 Å². The summed E-state index contributed by atoms with van der Waals surface area (Å²) in [6.45, 7) is 2.16. The number of nitrogens with zero attached hydrogens (tertiary/aromatic N) is 1. The van der Waals surface area contributed by atoms with Crippen molar-refractivity contribution in [3.05, 3.63) is 40.4 Å². The van der Waals surface area contributed by atoms with E-state index in [0.717, 1.165) is 35.0 Å². The van der Waals surface area contributed by atoms with Gasteiger partial charge in [-0.25, -0.2) is 4.98 Å². The van der Waals surface area contributed by atoms with Crippen molar-refractivity contribution in [3.8, 4) is 0 Å². The van der Waals surface area contributed by atoms with Gasteiger partial charge in [0, 0.05) is 29.2 Å². The van der Waals surface area contributed by atoms with Gasteiger partial charge in [-0.15, -0.1) is 11.3 Å². The fourth-order valence-corrected chi connectivity index (χ4v) is 4.49. The first-order valence-corrected chi connectivity index (χ1v) is 9.56. The lowest BCUT2D eigenvalue weighted by molar-refractivity contribution is -0.137. The number of aliphatic carboxylic acids is 1. The molecule has 0 amide bonds. The SMILES string of the molecule is CCCc1nc(SCCCC(=O)O)sc1Cc1ccc(N)cc1. The summed E-state index contributed by atoms with van der Waals surface area (Å²) in [5.74, 6) is 0.0626. The zero-order chi connectivity index (χ0) is 16.7. The zero-order valence-electron chi connectivity index (χ0n) is 13.2. The molecule has 0 saturated carbocycles. The van der Waals surface area contributed by atoms with E-state index < -0.39 is 5.97 Å². The number of nitrogen functional groups attached to an aromatic ring is 1. The van der Waals surface area contributed by atoms with Gasteiger partial charge >= 0.3 is 5.97 Å². The zero-order valence-corrected chi connectivity index (χ0v) is 14.9. The van der Waals surface area contributed by atoms with Crippen molar-refractivity contribution < 1.29 is 9.90 Å². The molecule has 0 aliphatic carbocycles. The summed E-state index contributed by atoms with van der Waals surface area (Å²) < 4.78 is 1.05. The predicted octanol–water partition coefficient (Wildman–Crippen LogP) is 4.23. The van der Waals surface area contributed by atoms with Crippen LogP contribution in [0.25, 0.3) is 0 Å². The molecule has 124 valence electrons. The van der Waals surface area contributed by atoms with Crippen molar-refractivity contribution in [2.75, 3.05) is 11.5 Å².